The molecule has 1 heterocycles. The Morgan fingerprint density at radius 1 is 1.04 bits per heavy atom. The molecule has 2 aromatic carbocycles. The van der Waals surface area contributed by atoms with Gasteiger partial charge in [0.25, 0.3) is 0 Å². The number of aryl methyl sites for hydroxylation is 2. The van der Waals surface area contributed by atoms with Crippen molar-refractivity contribution >= 4 is 28.5 Å². The Balaban J connectivity index is 1.67. The number of amides is 1. The van der Waals surface area contributed by atoms with Crippen molar-refractivity contribution in [2.24, 2.45) is 0 Å². The summed E-state index contributed by atoms with van der Waals surface area (Å²) in [6.07, 6.45) is 3.19. The van der Waals surface area contributed by atoms with E-state index in [1.165, 1.54) is 28.5 Å². The molecule has 0 saturated carbocycles. The molecule has 0 aliphatic heterocycles. The monoisotopic (exact) mass is 394 g/mol. The van der Waals surface area contributed by atoms with E-state index in [-0.39, 0.29) is 5.91 Å². The number of hydrogen-bond acceptors (Lipinski definition) is 5. The maximum absolute atomic E-state index is 12.2. The zero-order valence-electron chi connectivity index (χ0n) is 16.3. The maximum atomic E-state index is 12.2. The van der Waals surface area contributed by atoms with Crippen LogP contribution in [0.5, 0.6) is 11.5 Å². The second kappa shape index (κ2) is 8.71. The van der Waals surface area contributed by atoms with Gasteiger partial charge in [-0.3, -0.25) is 10.1 Å². The highest BCUT2D eigenvalue weighted by Crippen LogP contribution is 2.28. The van der Waals surface area contributed by atoms with Gasteiger partial charge in [-0.2, -0.15) is 0 Å². The van der Waals surface area contributed by atoms with Gasteiger partial charge in [0.2, 0.25) is 5.91 Å². The lowest BCUT2D eigenvalue weighted by Crippen LogP contribution is -2.07. The van der Waals surface area contributed by atoms with Gasteiger partial charge in [0.1, 0.15) is 0 Å². The van der Waals surface area contributed by atoms with Gasteiger partial charge in [0.05, 0.1) is 19.9 Å². The quantitative estimate of drug-likeness (QED) is 0.591. The third-order valence-electron chi connectivity index (χ3n) is 4.37. The molecule has 144 valence electrons. The minimum absolute atomic E-state index is 0.240. The smallest absolute Gasteiger partial charge is 0.250 e. The average molecular weight is 394 g/mol. The summed E-state index contributed by atoms with van der Waals surface area (Å²) in [6.45, 7) is 4.16. The minimum atomic E-state index is -0.240. The molecule has 3 aromatic rings. The standard InChI is InChI=1S/C22H22N2O3S/c1-14-5-8-17(11-15(14)2)18-13-28-22(23-18)24-21(25)10-7-16-6-9-19(26-3)20(12-16)27-4/h5-13H,1-4H3,(H,23,24,25)/b10-7+. The van der Waals surface area contributed by atoms with E-state index in [0.717, 1.165) is 16.8 Å². The van der Waals surface area contributed by atoms with Crippen LogP contribution in [0.3, 0.4) is 0 Å². The summed E-state index contributed by atoms with van der Waals surface area (Å²) in [5.74, 6) is 1.02. The van der Waals surface area contributed by atoms with Crippen molar-refractivity contribution in [1.29, 1.82) is 0 Å². The first-order valence-electron chi connectivity index (χ1n) is 8.74. The van der Waals surface area contributed by atoms with Crippen LogP contribution in [0.1, 0.15) is 16.7 Å². The summed E-state index contributed by atoms with van der Waals surface area (Å²) in [5, 5.41) is 5.31. The van der Waals surface area contributed by atoms with E-state index in [1.807, 2.05) is 23.6 Å². The third-order valence-corrected chi connectivity index (χ3v) is 5.13. The van der Waals surface area contributed by atoms with Crippen LogP contribution in [0.2, 0.25) is 0 Å². The predicted molar refractivity (Wildman–Crippen MR) is 114 cm³/mol. The van der Waals surface area contributed by atoms with E-state index in [0.29, 0.717) is 16.6 Å². The van der Waals surface area contributed by atoms with Crippen molar-refractivity contribution < 1.29 is 14.3 Å². The number of nitrogens with zero attached hydrogens (tertiary/aromatic N) is 1. The molecule has 0 aliphatic carbocycles. The van der Waals surface area contributed by atoms with Crippen LogP contribution < -0.4 is 14.8 Å². The van der Waals surface area contributed by atoms with Crippen molar-refractivity contribution in [1.82, 2.24) is 4.98 Å². The molecule has 3 rings (SSSR count). The highest BCUT2D eigenvalue weighted by molar-refractivity contribution is 7.14. The Bertz CT molecular complexity index is 1020. The number of rotatable bonds is 6. The third kappa shape index (κ3) is 4.58. The molecular formula is C22H22N2O3S. The SMILES string of the molecule is COc1ccc(/C=C/C(=O)Nc2nc(-c3ccc(C)c(C)c3)cs2)cc1OC. The fraction of sp³-hybridized carbons (Fsp3) is 0.182. The van der Waals surface area contributed by atoms with Gasteiger partial charge in [0, 0.05) is 17.0 Å². The number of aromatic nitrogens is 1. The van der Waals surface area contributed by atoms with Gasteiger partial charge in [-0.15, -0.1) is 11.3 Å². The Kier molecular flexibility index (Phi) is 6.11. The first-order valence-corrected chi connectivity index (χ1v) is 9.62. The number of carbonyl (C=O) groups is 1. The summed E-state index contributed by atoms with van der Waals surface area (Å²) in [5.41, 5.74) is 5.19. The molecule has 0 atom stereocenters. The van der Waals surface area contributed by atoms with Crippen molar-refractivity contribution in [3.05, 3.63) is 64.5 Å². The van der Waals surface area contributed by atoms with E-state index in [9.17, 15) is 4.79 Å². The van der Waals surface area contributed by atoms with Crippen LogP contribution in [0.25, 0.3) is 17.3 Å². The fourth-order valence-corrected chi connectivity index (χ4v) is 3.36. The molecule has 28 heavy (non-hydrogen) atoms. The normalized spacial score (nSPS) is 10.9. The molecular weight excluding hydrogens is 372 g/mol. The molecule has 0 saturated heterocycles. The minimum Gasteiger partial charge on any atom is -0.493 e. The van der Waals surface area contributed by atoms with Crippen molar-refractivity contribution in [2.45, 2.75) is 13.8 Å². The van der Waals surface area contributed by atoms with E-state index < -0.39 is 0 Å². The van der Waals surface area contributed by atoms with Crippen LogP contribution >= 0.6 is 11.3 Å². The lowest BCUT2D eigenvalue weighted by atomic mass is 10.1. The highest BCUT2D eigenvalue weighted by Gasteiger charge is 2.08. The zero-order valence-corrected chi connectivity index (χ0v) is 17.1. The molecule has 0 unspecified atom stereocenters. The van der Waals surface area contributed by atoms with Crippen molar-refractivity contribution in [3.8, 4) is 22.8 Å². The van der Waals surface area contributed by atoms with Gasteiger partial charge in [-0.25, -0.2) is 4.98 Å². The molecule has 6 heteroatoms. The molecule has 5 nitrogen and oxygen atoms in total. The summed E-state index contributed by atoms with van der Waals surface area (Å²) >= 11 is 1.40. The highest BCUT2D eigenvalue weighted by atomic mass is 32.1. The molecule has 1 N–H and O–H groups in total. The van der Waals surface area contributed by atoms with Crippen LogP contribution in [-0.4, -0.2) is 25.1 Å². The van der Waals surface area contributed by atoms with Crippen LogP contribution in [0.4, 0.5) is 5.13 Å². The van der Waals surface area contributed by atoms with E-state index >= 15 is 0 Å². The van der Waals surface area contributed by atoms with Gasteiger partial charge in [-0.05, 0) is 54.8 Å². The van der Waals surface area contributed by atoms with Crippen LogP contribution in [-0.2, 0) is 4.79 Å². The lowest BCUT2D eigenvalue weighted by Gasteiger charge is -2.07. The Labute approximate surface area is 168 Å². The number of methoxy groups -OCH3 is 2. The zero-order chi connectivity index (χ0) is 20.1. The molecule has 0 bridgehead atoms. The van der Waals surface area contributed by atoms with Crippen LogP contribution in [0, 0.1) is 13.8 Å². The van der Waals surface area contributed by atoms with Crippen molar-refractivity contribution in [2.75, 3.05) is 19.5 Å². The second-order valence-corrected chi connectivity index (χ2v) is 7.13. The van der Waals surface area contributed by atoms with E-state index in [4.69, 9.17) is 9.47 Å². The predicted octanol–water partition coefficient (Wildman–Crippen LogP) is 5.10. The van der Waals surface area contributed by atoms with Crippen LogP contribution in [0.15, 0.2) is 47.9 Å². The largest absolute Gasteiger partial charge is 0.493 e. The lowest BCUT2D eigenvalue weighted by molar-refractivity contribution is -0.111. The number of anilines is 1. The molecule has 0 radical (unpaired) electrons. The summed E-state index contributed by atoms with van der Waals surface area (Å²) in [4.78, 5) is 16.7. The topological polar surface area (TPSA) is 60.5 Å². The summed E-state index contributed by atoms with van der Waals surface area (Å²) in [7, 11) is 3.16. The molecule has 0 fully saturated rings. The van der Waals surface area contributed by atoms with Gasteiger partial charge >= 0.3 is 0 Å². The molecule has 1 amide bonds. The summed E-state index contributed by atoms with van der Waals surface area (Å²) in [6, 6.07) is 11.7. The first kappa shape index (κ1) is 19.6. The number of ether oxygens (including phenoxy) is 2. The number of carbonyl (C=O) groups excluding carboxylic acids is 1. The molecule has 1 aromatic heterocycles. The average Bonchev–Trinajstić information content (AvgIpc) is 3.16. The second-order valence-electron chi connectivity index (χ2n) is 6.27. The van der Waals surface area contributed by atoms with Gasteiger partial charge in [-0.1, -0.05) is 18.2 Å². The number of benzene rings is 2. The van der Waals surface area contributed by atoms with Gasteiger partial charge < -0.3 is 9.47 Å². The fourth-order valence-electron chi connectivity index (χ4n) is 2.64. The number of nitrogens with one attached hydrogen (secondary N) is 1. The Morgan fingerprint density at radius 3 is 2.54 bits per heavy atom. The summed E-state index contributed by atoms with van der Waals surface area (Å²) < 4.78 is 10.5. The van der Waals surface area contributed by atoms with E-state index in [2.05, 4.69) is 36.3 Å². The molecule has 0 aliphatic rings. The maximum Gasteiger partial charge on any atom is 0.250 e. The molecule has 0 spiro atoms. The van der Waals surface area contributed by atoms with Gasteiger partial charge in [0.15, 0.2) is 16.6 Å². The number of hydrogen-bond donors (Lipinski definition) is 1. The number of thiazole rings is 1. The Morgan fingerprint density at radius 2 is 1.82 bits per heavy atom. The van der Waals surface area contributed by atoms with E-state index in [1.54, 1.807) is 26.4 Å². The van der Waals surface area contributed by atoms with Crippen molar-refractivity contribution in [3.63, 3.8) is 0 Å². The first-order chi connectivity index (χ1) is 13.5. The Hall–Kier alpha value is -3.12.